The summed E-state index contributed by atoms with van der Waals surface area (Å²) in [5, 5.41) is 0. The van der Waals surface area contributed by atoms with Crippen molar-refractivity contribution in [2.24, 2.45) is 5.84 Å². The molecule has 0 aliphatic carbocycles. The number of ether oxygens (including phenoxy) is 1. The molecule has 0 amide bonds. The van der Waals surface area contributed by atoms with Crippen molar-refractivity contribution in [3.8, 4) is 5.75 Å². The maximum Gasteiger partial charge on any atom is 0.123 e. The summed E-state index contributed by atoms with van der Waals surface area (Å²) >= 11 is 3.53. The SMILES string of the molecule is COc1ccc(Br)c(CC(Cc2cccc(F)c2)NN)c1. The fourth-order valence-electron chi connectivity index (χ4n) is 2.24. The highest BCUT2D eigenvalue weighted by Crippen LogP contribution is 2.24. The summed E-state index contributed by atoms with van der Waals surface area (Å²) in [7, 11) is 1.64. The number of hydrogen-bond acceptors (Lipinski definition) is 3. The minimum atomic E-state index is -0.231. The van der Waals surface area contributed by atoms with E-state index in [2.05, 4.69) is 21.4 Å². The highest BCUT2D eigenvalue weighted by Gasteiger charge is 2.12. The summed E-state index contributed by atoms with van der Waals surface area (Å²) in [4.78, 5) is 0. The van der Waals surface area contributed by atoms with Crippen LogP contribution in [0.15, 0.2) is 46.9 Å². The Morgan fingerprint density at radius 2 is 2.05 bits per heavy atom. The Labute approximate surface area is 132 Å². The average Bonchev–Trinajstić information content (AvgIpc) is 2.48. The first-order valence-electron chi connectivity index (χ1n) is 6.65. The van der Waals surface area contributed by atoms with Gasteiger partial charge in [0, 0.05) is 10.5 Å². The summed E-state index contributed by atoms with van der Waals surface area (Å²) in [6.07, 6.45) is 1.36. The second-order valence-electron chi connectivity index (χ2n) is 4.86. The van der Waals surface area contributed by atoms with Gasteiger partial charge in [0.15, 0.2) is 0 Å². The molecule has 0 aromatic heterocycles. The lowest BCUT2D eigenvalue weighted by molar-refractivity contribution is 0.413. The molecule has 0 spiro atoms. The first kappa shape index (κ1) is 15.9. The van der Waals surface area contributed by atoms with Crippen molar-refractivity contribution < 1.29 is 9.13 Å². The molecule has 21 heavy (non-hydrogen) atoms. The standard InChI is InChI=1S/C16H18BrFN2O/c1-21-15-5-6-16(17)12(10-15)9-14(20-19)8-11-3-2-4-13(18)7-11/h2-7,10,14,20H,8-9,19H2,1H3. The first-order valence-corrected chi connectivity index (χ1v) is 7.44. The van der Waals surface area contributed by atoms with E-state index in [0.29, 0.717) is 12.8 Å². The number of hydrogen-bond donors (Lipinski definition) is 2. The van der Waals surface area contributed by atoms with E-state index in [0.717, 1.165) is 21.3 Å². The number of hydrazine groups is 1. The zero-order valence-electron chi connectivity index (χ0n) is 11.8. The van der Waals surface area contributed by atoms with Gasteiger partial charge in [-0.2, -0.15) is 0 Å². The lowest BCUT2D eigenvalue weighted by Crippen LogP contribution is -2.38. The fraction of sp³-hybridized carbons (Fsp3) is 0.250. The molecule has 0 heterocycles. The van der Waals surface area contributed by atoms with Crippen LogP contribution < -0.4 is 16.0 Å². The molecule has 0 saturated heterocycles. The smallest absolute Gasteiger partial charge is 0.123 e. The molecule has 3 N–H and O–H groups in total. The van der Waals surface area contributed by atoms with E-state index in [9.17, 15) is 4.39 Å². The van der Waals surface area contributed by atoms with Crippen LogP contribution in [0.2, 0.25) is 0 Å². The quantitative estimate of drug-likeness (QED) is 0.619. The van der Waals surface area contributed by atoms with Crippen LogP contribution >= 0.6 is 15.9 Å². The van der Waals surface area contributed by atoms with E-state index in [1.165, 1.54) is 12.1 Å². The molecule has 1 unspecified atom stereocenters. The molecule has 5 heteroatoms. The van der Waals surface area contributed by atoms with Crippen LogP contribution in [-0.2, 0) is 12.8 Å². The number of nitrogens with two attached hydrogens (primary N) is 1. The molecule has 2 aromatic carbocycles. The monoisotopic (exact) mass is 352 g/mol. The van der Waals surface area contributed by atoms with E-state index in [-0.39, 0.29) is 11.9 Å². The maximum absolute atomic E-state index is 13.2. The van der Waals surface area contributed by atoms with Crippen molar-refractivity contribution in [2.45, 2.75) is 18.9 Å². The molecule has 0 fully saturated rings. The third kappa shape index (κ3) is 4.52. The van der Waals surface area contributed by atoms with Crippen molar-refractivity contribution in [1.29, 1.82) is 0 Å². The Morgan fingerprint density at radius 3 is 2.71 bits per heavy atom. The maximum atomic E-state index is 13.2. The molecule has 1 atom stereocenters. The van der Waals surface area contributed by atoms with Gasteiger partial charge in [-0.3, -0.25) is 11.3 Å². The molecule has 112 valence electrons. The van der Waals surface area contributed by atoms with Gasteiger partial charge < -0.3 is 4.74 Å². The van der Waals surface area contributed by atoms with Crippen molar-refractivity contribution in [1.82, 2.24) is 5.43 Å². The second kappa shape index (κ2) is 7.54. The van der Waals surface area contributed by atoms with Gasteiger partial charge in [0.1, 0.15) is 11.6 Å². The molecule has 3 nitrogen and oxygen atoms in total. The molecular formula is C16H18BrFN2O. The van der Waals surface area contributed by atoms with E-state index in [1.807, 2.05) is 24.3 Å². The Kier molecular flexibility index (Phi) is 5.73. The van der Waals surface area contributed by atoms with Crippen molar-refractivity contribution >= 4 is 15.9 Å². The highest BCUT2D eigenvalue weighted by molar-refractivity contribution is 9.10. The molecular weight excluding hydrogens is 335 g/mol. The predicted octanol–water partition coefficient (Wildman–Crippen LogP) is 3.21. The summed E-state index contributed by atoms with van der Waals surface area (Å²) < 4.78 is 19.5. The van der Waals surface area contributed by atoms with E-state index in [1.54, 1.807) is 13.2 Å². The van der Waals surface area contributed by atoms with Crippen LogP contribution in [-0.4, -0.2) is 13.2 Å². The first-order chi connectivity index (χ1) is 10.1. The Morgan fingerprint density at radius 1 is 1.24 bits per heavy atom. The molecule has 0 aliphatic rings. The average molecular weight is 353 g/mol. The van der Waals surface area contributed by atoms with Crippen molar-refractivity contribution in [3.05, 3.63) is 63.9 Å². The normalized spacial score (nSPS) is 12.2. The van der Waals surface area contributed by atoms with Gasteiger partial charge in [0.25, 0.3) is 0 Å². The van der Waals surface area contributed by atoms with Crippen molar-refractivity contribution in [2.75, 3.05) is 7.11 Å². The Bertz CT molecular complexity index is 607. The molecule has 0 bridgehead atoms. The summed E-state index contributed by atoms with van der Waals surface area (Å²) in [6, 6.07) is 12.4. The summed E-state index contributed by atoms with van der Waals surface area (Å²) in [5.41, 5.74) is 4.80. The number of rotatable bonds is 6. The highest BCUT2D eigenvalue weighted by atomic mass is 79.9. The van der Waals surface area contributed by atoms with Crippen LogP contribution in [0.3, 0.4) is 0 Å². The molecule has 0 radical (unpaired) electrons. The number of methoxy groups -OCH3 is 1. The van der Waals surface area contributed by atoms with Crippen LogP contribution in [0.25, 0.3) is 0 Å². The number of nitrogens with one attached hydrogen (secondary N) is 1. The molecule has 0 saturated carbocycles. The second-order valence-corrected chi connectivity index (χ2v) is 5.71. The predicted molar refractivity (Wildman–Crippen MR) is 85.6 cm³/mol. The van der Waals surface area contributed by atoms with Gasteiger partial charge >= 0.3 is 0 Å². The van der Waals surface area contributed by atoms with E-state index >= 15 is 0 Å². The third-order valence-corrected chi connectivity index (χ3v) is 4.10. The Hall–Kier alpha value is -1.43. The van der Waals surface area contributed by atoms with Gasteiger partial charge in [0.05, 0.1) is 7.11 Å². The zero-order chi connectivity index (χ0) is 15.2. The van der Waals surface area contributed by atoms with E-state index < -0.39 is 0 Å². The van der Waals surface area contributed by atoms with Crippen LogP contribution in [0.5, 0.6) is 5.75 Å². The Balaban J connectivity index is 2.12. The van der Waals surface area contributed by atoms with Gasteiger partial charge in [-0.05, 0) is 54.3 Å². The fourth-order valence-corrected chi connectivity index (χ4v) is 2.65. The van der Waals surface area contributed by atoms with Gasteiger partial charge in [-0.1, -0.05) is 28.1 Å². The van der Waals surface area contributed by atoms with E-state index in [4.69, 9.17) is 10.6 Å². The largest absolute Gasteiger partial charge is 0.497 e. The lowest BCUT2D eigenvalue weighted by atomic mass is 9.99. The third-order valence-electron chi connectivity index (χ3n) is 3.33. The zero-order valence-corrected chi connectivity index (χ0v) is 13.4. The van der Waals surface area contributed by atoms with Crippen molar-refractivity contribution in [3.63, 3.8) is 0 Å². The van der Waals surface area contributed by atoms with Gasteiger partial charge in [-0.15, -0.1) is 0 Å². The molecule has 2 aromatic rings. The topological polar surface area (TPSA) is 47.3 Å². The van der Waals surface area contributed by atoms with Gasteiger partial charge in [0.2, 0.25) is 0 Å². The van der Waals surface area contributed by atoms with Gasteiger partial charge in [-0.25, -0.2) is 4.39 Å². The lowest BCUT2D eigenvalue weighted by Gasteiger charge is -2.17. The summed E-state index contributed by atoms with van der Waals surface area (Å²) in [5.74, 6) is 6.21. The minimum absolute atomic E-state index is 0.00945. The summed E-state index contributed by atoms with van der Waals surface area (Å²) in [6.45, 7) is 0. The minimum Gasteiger partial charge on any atom is -0.497 e. The molecule has 2 rings (SSSR count). The number of benzene rings is 2. The van der Waals surface area contributed by atoms with Crippen LogP contribution in [0.4, 0.5) is 4.39 Å². The molecule has 0 aliphatic heterocycles. The number of halogens is 2. The van der Waals surface area contributed by atoms with Crippen LogP contribution in [0, 0.1) is 5.82 Å². The van der Waals surface area contributed by atoms with Crippen LogP contribution in [0.1, 0.15) is 11.1 Å².